The number of benzene rings is 1. The molecule has 0 saturated carbocycles. The normalized spacial score (nSPS) is 16.8. The fraction of sp³-hybridized carbons (Fsp3) is 0.381. The highest BCUT2D eigenvalue weighted by molar-refractivity contribution is 5.96. The van der Waals surface area contributed by atoms with Crippen molar-refractivity contribution in [3.8, 4) is 0 Å². The largest absolute Gasteiger partial charge is 0.498 e. The van der Waals surface area contributed by atoms with Crippen LogP contribution in [0, 0.1) is 0 Å². The van der Waals surface area contributed by atoms with Gasteiger partial charge in [0, 0.05) is 26.3 Å². The Labute approximate surface area is 155 Å². The van der Waals surface area contributed by atoms with E-state index in [1.54, 1.807) is 44.5 Å². The third-order valence-corrected chi connectivity index (χ3v) is 4.31. The summed E-state index contributed by atoms with van der Waals surface area (Å²) in [6, 6.07) is 10.3. The average Bonchev–Trinajstić information content (AvgIpc) is 2.87. The van der Waals surface area contributed by atoms with Crippen LogP contribution in [-0.4, -0.2) is 51.8 Å². The summed E-state index contributed by atoms with van der Waals surface area (Å²) in [5.74, 6) is 1.06. The summed E-state index contributed by atoms with van der Waals surface area (Å²) < 4.78 is 16.1. The molecule has 1 unspecified atom stereocenters. The van der Waals surface area contributed by atoms with E-state index in [0.717, 1.165) is 12.8 Å². The molecule has 5 heteroatoms. The molecule has 26 heavy (non-hydrogen) atoms. The lowest BCUT2D eigenvalue weighted by molar-refractivity contribution is -0.125. The first-order valence-electron chi connectivity index (χ1n) is 8.64. The fourth-order valence-corrected chi connectivity index (χ4v) is 2.81. The summed E-state index contributed by atoms with van der Waals surface area (Å²) in [5.41, 5.74) is 1.79. The second-order valence-corrected chi connectivity index (χ2v) is 6.10. The Kier molecular flexibility index (Phi) is 7.48. The van der Waals surface area contributed by atoms with Crippen LogP contribution < -0.4 is 0 Å². The van der Waals surface area contributed by atoms with Crippen LogP contribution >= 0.6 is 0 Å². The molecule has 0 bridgehead atoms. The van der Waals surface area contributed by atoms with Gasteiger partial charge in [0.05, 0.1) is 14.2 Å². The van der Waals surface area contributed by atoms with Crippen LogP contribution in [0.3, 0.4) is 0 Å². The van der Waals surface area contributed by atoms with E-state index < -0.39 is 0 Å². The molecule has 1 atom stereocenters. The minimum Gasteiger partial charge on any atom is -0.498 e. The molecule has 0 fully saturated rings. The first-order valence-corrected chi connectivity index (χ1v) is 8.64. The molecule has 1 aromatic carbocycles. The molecule has 1 aliphatic rings. The number of carbonyl (C=O) groups is 1. The quantitative estimate of drug-likeness (QED) is 0.717. The number of carbonyl (C=O) groups excluding carboxylic acids is 1. The van der Waals surface area contributed by atoms with Gasteiger partial charge in [-0.1, -0.05) is 30.3 Å². The Bertz CT molecular complexity index is 691. The Morgan fingerprint density at radius 3 is 2.42 bits per heavy atom. The fourth-order valence-electron chi connectivity index (χ4n) is 2.81. The monoisotopic (exact) mass is 357 g/mol. The van der Waals surface area contributed by atoms with Crippen molar-refractivity contribution in [3.63, 3.8) is 0 Å². The molecule has 0 aromatic heterocycles. The highest BCUT2D eigenvalue weighted by Crippen LogP contribution is 2.21. The van der Waals surface area contributed by atoms with Gasteiger partial charge in [0.1, 0.15) is 17.6 Å². The molecule has 0 aliphatic heterocycles. The zero-order chi connectivity index (χ0) is 18.9. The molecule has 5 nitrogen and oxygen atoms in total. The van der Waals surface area contributed by atoms with E-state index in [2.05, 4.69) is 12.1 Å². The number of methoxy groups -OCH3 is 3. The lowest BCUT2D eigenvalue weighted by Gasteiger charge is -2.18. The number of likely N-dealkylation sites (N-methyl/N-ethyl adjacent to an activating group) is 1. The van der Waals surface area contributed by atoms with E-state index in [1.165, 1.54) is 5.56 Å². The second kappa shape index (κ2) is 9.82. The lowest BCUT2D eigenvalue weighted by Crippen LogP contribution is -2.29. The van der Waals surface area contributed by atoms with Gasteiger partial charge in [0.25, 0.3) is 5.91 Å². The molecule has 0 saturated heterocycles. The van der Waals surface area contributed by atoms with E-state index in [-0.39, 0.29) is 12.0 Å². The third-order valence-electron chi connectivity index (χ3n) is 4.31. The molecule has 1 aromatic rings. The zero-order valence-electron chi connectivity index (χ0n) is 15.9. The van der Waals surface area contributed by atoms with Crippen molar-refractivity contribution in [2.75, 3.05) is 34.9 Å². The second-order valence-electron chi connectivity index (χ2n) is 6.10. The molecule has 0 spiro atoms. The van der Waals surface area contributed by atoms with Gasteiger partial charge in [0.15, 0.2) is 0 Å². The van der Waals surface area contributed by atoms with Gasteiger partial charge < -0.3 is 19.1 Å². The van der Waals surface area contributed by atoms with Crippen LogP contribution in [-0.2, 0) is 25.4 Å². The van der Waals surface area contributed by atoms with Crippen molar-refractivity contribution in [1.82, 2.24) is 4.90 Å². The number of allylic oxidation sites excluding steroid dienone is 1. The minimum absolute atomic E-state index is 0.0766. The van der Waals surface area contributed by atoms with Gasteiger partial charge in [-0.2, -0.15) is 0 Å². The van der Waals surface area contributed by atoms with Crippen LogP contribution in [0.4, 0.5) is 0 Å². The Hall–Kier alpha value is -2.53. The Balaban J connectivity index is 2.05. The number of amides is 1. The highest BCUT2D eigenvalue weighted by atomic mass is 16.5. The van der Waals surface area contributed by atoms with Crippen molar-refractivity contribution in [1.29, 1.82) is 0 Å². The molecule has 2 rings (SSSR count). The van der Waals surface area contributed by atoms with Gasteiger partial charge >= 0.3 is 0 Å². The van der Waals surface area contributed by atoms with Gasteiger partial charge in [0.2, 0.25) is 0 Å². The molecule has 0 N–H and O–H groups in total. The van der Waals surface area contributed by atoms with Crippen molar-refractivity contribution >= 4 is 5.91 Å². The number of hydrogen-bond donors (Lipinski definition) is 0. The Morgan fingerprint density at radius 2 is 1.81 bits per heavy atom. The summed E-state index contributed by atoms with van der Waals surface area (Å²) in [7, 11) is 6.53. The van der Waals surface area contributed by atoms with Crippen LogP contribution in [0.5, 0.6) is 0 Å². The van der Waals surface area contributed by atoms with Crippen molar-refractivity contribution in [2.24, 2.45) is 0 Å². The number of aryl methyl sites for hydroxylation is 1. The Morgan fingerprint density at radius 1 is 1.08 bits per heavy atom. The average molecular weight is 357 g/mol. The summed E-state index contributed by atoms with van der Waals surface area (Å²) in [5, 5.41) is 0. The molecule has 0 radical (unpaired) electrons. The predicted molar refractivity (Wildman–Crippen MR) is 101 cm³/mol. The van der Waals surface area contributed by atoms with Crippen LogP contribution in [0.1, 0.15) is 12.0 Å². The van der Waals surface area contributed by atoms with Crippen LogP contribution in [0.25, 0.3) is 0 Å². The molecular formula is C21H27NO4. The minimum atomic E-state index is -0.389. The van der Waals surface area contributed by atoms with Crippen molar-refractivity contribution < 1.29 is 19.0 Å². The van der Waals surface area contributed by atoms with E-state index >= 15 is 0 Å². The first-order chi connectivity index (χ1) is 12.6. The maximum atomic E-state index is 12.8. The molecule has 1 aliphatic carbocycles. The first kappa shape index (κ1) is 19.8. The van der Waals surface area contributed by atoms with E-state index in [0.29, 0.717) is 23.6 Å². The van der Waals surface area contributed by atoms with Gasteiger partial charge in [-0.3, -0.25) is 4.79 Å². The van der Waals surface area contributed by atoms with E-state index in [9.17, 15) is 4.79 Å². The smallest absolute Gasteiger partial charge is 0.253 e. The summed E-state index contributed by atoms with van der Waals surface area (Å²) in [4.78, 5) is 14.6. The summed E-state index contributed by atoms with van der Waals surface area (Å²) in [6.07, 6.45) is 6.66. The van der Waals surface area contributed by atoms with Gasteiger partial charge in [-0.05, 0) is 36.6 Å². The predicted octanol–water partition coefficient (Wildman–Crippen LogP) is 3.09. The maximum absolute atomic E-state index is 12.8. The van der Waals surface area contributed by atoms with Gasteiger partial charge in [-0.15, -0.1) is 0 Å². The zero-order valence-corrected chi connectivity index (χ0v) is 15.9. The lowest BCUT2D eigenvalue weighted by atomic mass is 10.1. The SMILES string of the molecule is COC1=CC(OC)C(OC)=CC(C(=O)N(C)CCCc2ccccc2)=C1. The number of hydrogen-bond acceptors (Lipinski definition) is 4. The maximum Gasteiger partial charge on any atom is 0.253 e. The van der Waals surface area contributed by atoms with Gasteiger partial charge in [-0.25, -0.2) is 0 Å². The molecule has 0 heterocycles. The van der Waals surface area contributed by atoms with Crippen molar-refractivity contribution in [2.45, 2.75) is 18.9 Å². The van der Waals surface area contributed by atoms with Crippen LogP contribution in [0.2, 0.25) is 0 Å². The number of nitrogens with zero attached hydrogens (tertiary/aromatic N) is 1. The summed E-state index contributed by atoms with van der Waals surface area (Å²) >= 11 is 0. The van der Waals surface area contributed by atoms with E-state index in [4.69, 9.17) is 14.2 Å². The highest BCUT2D eigenvalue weighted by Gasteiger charge is 2.22. The van der Waals surface area contributed by atoms with E-state index in [1.807, 2.05) is 25.2 Å². The van der Waals surface area contributed by atoms with Crippen LogP contribution in [0.15, 0.2) is 65.7 Å². The topological polar surface area (TPSA) is 48.0 Å². The standard InChI is InChI=1S/C21H27NO4/c1-22(12-8-11-16-9-6-5-7-10-16)21(23)17-13-18(24-2)15-20(26-4)19(14-17)25-3/h5-7,9-10,13-15,20H,8,11-12H2,1-4H3. The number of rotatable bonds is 8. The molecule has 1 amide bonds. The van der Waals surface area contributed by atoms with Crippen molar-refractivity contribution in [3.05, 3.63) is 71.2 Å². The molecular weight excluding hydrogens is 330 g/mol. The third kappa shape index (κ3) is 5.23. The number of ether oxygens (including phenoxy) is 3. The molecule has 140 valence electrons. The summed E-state index contributed by atoms with van der Waals surface area (Å²) in [6.45, 7) is 0.668.